The van der Waals surface area contributed by atoms with Crippen molar-refractivity contribution in [3.63, 3.8) is 0 Å². The van der Waals surface area contributed by atoms with E-state index in [0.717, 1.165) is 23.1 Å². The second-order valence-electron chi connectivity index (χ2n) is 7.37. The monoisotopic (exact) mass is 456 g/mol. The first kappa shape index (κ1) is 21.6. The Kier molecular flexibility index (Phi) is 6.00. The molecule has 1 aliphatic rings. The molecule has 0 atom stereocenters. The largest absolute Gasteiger partial charge is 0.496 e. The molecule has 166 valence electrons. The van der Waals surface area contributed by atoms with Crippen molar-refractivity contribution in [2.24, 2.45) is 5.92 Å². The summed E-state index contributed by atoms with van der Waals surface area (Å²) < 4.78 is 11.1. The summed E-state index contributed by atoms with van der Waals surface area (Å²) in [7, 11) is 2.69. The van der Waals surface area contributed by atoms with Gasteiger partial charge in [-0.05, 0) is 42.7 Å². The zero-order valence-electron chi connectivity index (χ0n) is 17.5. The average Bonchev–Trinajstić information content (AvgIpc) is 3.59. The van der Waals surface area contributed by atoms with Crippen molar-refractivity contribution >= 4 is 23.5 Å². The summed E-state index contributed by atoms with van der Waals surface area (Å²) in [6, 6.07) is 9.86. The molecule has 1 saturated carbocycles. The number of benzene rings is 2. The highest BCUT2D eigenvalue weighted by Crippen LogP contribution is 2.30. The van der Waals surface area contributed by atoms with Gasteiger partial charge >= 0.3 is 11.7 Å². The van der Waals surface area contributed by atoms with Gasteiger partial charge in [-0.3, -0.25) is 9.78 Å². The number of nitrogens with zero attached hydrogens (tertiary/aromatic N) is 2. The first-order valence-corrected chi connectivity index (χ1v) is 10.3. The summed E-state index contributed by atoms with van der Waals surface area (Å²) in [6.45, 7) is 0.358. The van der Waals surface area contributed by atoms with Gasteiger partial charge in [0.2, 0.25) is 5.91 Å². The fraction of sp³-hybridized carbons (Fsp3) is 0.273. The topological polar surface area (TPSA) is 115 Å². The van der Waals surface area contributed by atoms with Crippen LogP contribution in [-0.2, 0) is 16.1 Å². The number of rotatable bonds is 7. The van der Waals surface area contributed by atoms with Gasteiger partial charge in [-0.25, -0.2) is 9.59 Å². The molecule has 0 unspecified atom stereocenters. The van der Waals surface area contributed by atoms with E-state index in [-0.39, 0.29) is 29.0 Å². The van der Waals surface area contributed by atoms with Crippen molar-refractivity contribution in [1.29, 1.82) is 0 Å². The van der Waals surface area contributed by atoms with E-state index in [4.69, 9.17) is 21.1 Å². The molecule has 0 saturated heterocycles. The number of hydrogen-bond acceptors (Lipinski definition) is 6. The lowest BCUT2D eigenvalue weighted by atomic mass is 10.1. The van der Waals surface area contributed by atoms with Gasteiger partial charge in [-0.1, -0.05) is 17.7 Å². The van der Waals surface area contributed by atoms with Crippen LogP contribution in [0.15, 0.2) is 41.2 Å². The Labute approximate surface area is 188 Å². The van der Waals surface area contributed by atoms with Gasteiger partial charge in [0.1, 0.15) is 11.3 Å². The SMILES string of the molecule is COC(=O)c1ccc(-n2nc(-c3cc(CNC(=O)C4CC4)ccc3Cl)[nH]c2=O)cc1OC. The summed E-state index contributed by atoms with van der Waals surface area (Å²) in [6.07, 6.45) is 1.86. The van der Waals surface area contributed by atoms with Gasteiger partial charge in [0, 0.05) is 24.1 Å². The summed E-state index contributed by atoms with van der Waals surface area (Å²) in [5.41, 5.74) is 1.49. The molecule has 1 heterocycles. The van der Waals surface area contributed by atoms with Crippen LogP contribution in [0.2, 0.25) is 5.02 Å². The van der Waals surface area contributed by atoms with Gasteiger partial charge in [0.15, 0.2) is 5.82 Å². The predicted molar refractivity (Wildman–Crippen MR) is 117 cm³/mol. The Morgan fingerprint density at radius 3 is 2.69 bits per heavy atom. The van der Waals surface area contributed by atoms with E-state index in [9.17, 15) is 14.4 Å². The molecule has 1 aliphatic carbocycles. The van der Waals surface area contributed by atoms with Gasteiger partial charge in [0.05, 0.1) is 24.9 Å². The van der Waals surface area contributed by atoms with Crippen LogP contribution in [0.4, 0.5) is 0 Å². The summed E-state index contributed by atoms with van der Waals surface area (Å²) >= 11 is 6.35. The molecular weight excluding hydrogens is 436 g/mol. The smallest absolute Gasteiger partial charge is 0.348 e. The van der Waals surface area contributed by atoms with Crippen molar-refractivity contribution in [2.45, 2.75) is 19.4 Å². The number of H-pyrrole nitrogens is 1. The van der Waals surface area contributed by atoms with E-state index >= 15 is 0 Å². The van der Waals surface area contributed by atoms with Crippen LogP contribution in [-0.4, -0.2) is 40.9 Å². The molecule has 2 N–H and O–H groups in total. The van der Waals surface area contributed by atoms with Gasteiger partial charge in [-0.15, -0.1) is 5.10 Å². The van der Waals surface area contributed by atoms with Crippen LogP contribution >= 0.6 is 11.6 Å². The van der Waals surface area contributed by atoms with E-state index in [2.05, 4.69) is 15.4 Å². The molecule has 10 heteroatoms. The van der Waals surface area contributed by atoms with E-state index in [1.54, 1.807) is 18.2 Å². The Bertz CT molecular complexity index is 1250. The molecule has 32 heavy (non-hydrogen) atoms. The van der Waals surface area contributed by atoms with E-state index < -0.39 is 11.7 Å². The van der Waals surface area contributed by atoms with Crippen LogP contribution in [0.5, 0.6) is 5.75 Å². The quantitative estimate of drug-likeness (QED) is 0.528. The molecule has 0 radical (unpaired) electrons. The molecule has 0 bridgehead atoms. The summed E-state index contributed by atoms with van der Waals surface area (Å²) in [5, 5.41) is 7.67. The highest BCUT2D eigenvalue weighted by Gasteiger charge is 2.29. The predicted octanol–water partition coefficient (Wildman–Crippen LogP) is 2.70. The maximum absolute atomic E-state index is 12.6. The average molecular weight is 457 g/mol. The standard InChI is InChI=1S/C22H21ClN4O5/c1-31-18-10-14(6-7-15(18)21(29)32-2)27-22(30)25-19(26-27)16-9-12(3-8-17(16)23)11-24-20(28)13-4-5-13/h3,6-10,13H,4-5,11H2,1-2H3,(H,24,28)(H,25,26,30). The van der Waals surface area contributed by atoms with Crippen LogP contribution in [0.3, 0.4) is 0 Å². The molecular formula is C22H21ClN4O5. The van der Waals surface area contributed by atoms with Crippen LogP contribution < -0.4 is 15.7 Å². The molecule has 9 nitrogen and oxygen atoms in total. The third-order valence-electron chi connectivity index (χ3n) is 5.15. The van der Waals surface area contributed by atoms with Crippen LogP contribution in [0, 0.1) is 5.92 Å². The van der Waals surface area contributed by atoms with Crippen molar-refractivity contribution in [2.75, 3.05) is 14.2 Å². The van der Waals surface area contributed by atoms with Crippen LogP contribution in [0.1, 0.15) is 28.8 Å². The number of nitrogens with one attached hydrogen (secondary N) is 2. The van der Waals surface area contributed by atoms with Gasteiger partial charge in [-0.2, -0.15) is 4.68 Å². The molecule has 4 rings (SSSR count). The minimum atomic E-state index is -0.555. The van der Waals surface area contributed by atoms with Crippen molar-refractivity contribution in [3.05, 3.63) is 63.0 Å². The molecule has 1 fully saturated rings. The Balaban J connectivity index is 1.63. The molecule has 0 aliphatic heterocycles. The number of halogens is 1. The molecule has 1 aromatic heterocycles. The second kappa shape index (κ2) is 8.88. The third-order valence-corrected chi connectivity index (χ3v) is 5.48. The minimum Gasteiger partial charge on any atom is -0.496 e. The maximum Gasteiger partial charge on any atom is 0.348 e. The summed E-state index contributed by atoms with van der Waals surface area (Å²) in [4.78, 5) is 39.1. The highest BCUT2D eigenvalue weighted by atomic mass is 35.5. The molecule has 1 amide bonds. The van der Waals surface area contributed by atoms with E-state index in [1.807, 2.05) is 6.07 Å². The fourth-order valence-electron chi connectivity index (χ4n) is 3.25. The lowest BCUT2D eigenvalue weighted by Crippen LogP contribution is -2.24. The van der Waals surface area contributed by atoms with E-state index in [1.165, 1.54) is 26.4 Å². The molecule has 3 aromatic rings. The number of carbonyl (C=O) groups is 2. The zero-order chi connectivity index (χ0) is 22.8. The molecule has 2 aromatic carbocycles. The van der Waals surface area contributed by atoms with Gasteiger partial charge < -0.3 is 14.8 Å². The Morgan fingerprint density at radius 2 is 2.00 bits per heavy atom. The van der Waals surface area contributed by atoms with Crippen molar-refractivity contribution in [3.8, 4) is 22.8 Å². The highest BCUT2D eigenvalue weighted by molar-refractivity contribution is 6.33. The lowest BCUT2D eigenvalue weighted by Gasteiger charge is -2.09. The minimum absolute atomic E-state index is 0.0449. The number of aromatic amines is 1. The zero-order valence-corrected chi connectivity index (χ0v) is 18.2. The van der Waals surface area contributed by atoms with Crippen molar-refractivity contribution < 1.29 is 19.1 Å². The number of hydrogen-bond donors (Lipinski definition) is 2. The maximum atomic E-state index is 12.6. The fourth-order valence-corrected chi connectivity index (χ4v) is 3.46. The Hall–Kier alpha value is -3.59. The van der Waals surface area contributed by atoms with Crippen LogP contribution in [0.25, 0.3) is 17.1 Å². The Morgan fingerprint density at radius 1 is 1.22 bits per heavy atom. The molecule has 0 spiro atoms. The number of aromatic nitrogens is 3. The third kappa shape index (κ3) is 4.38. The second-order valence-corrected chi connectivity index (χ2v) is 7.78. The first-order chi connectivity index (χ1) is 15.4. The first-order valence-electron chi connectivity index (χ1n) is 9.94. The normalized spacial score (nSPS) is 13.0. The number of ether oxygens (including phenoxy) is 2. The lowest BCUT2D eigenvalue weighted by molar-refractivity contribution is -0.122. The number of methoxy groups -OCH3 is 2. The van der Waals surface area contributed by atoms with Gasteiger partial charge in [0.25, 0.3) is 0 Å². The van der Waals surface area contributed by atoms with E-state index in [0.29, 0.717) is 22.8 Å². The number of carbonyl (C=O) groups excluding carboxylic acids is 2. The number of amides is 1. The number of esters is 1. The summed E-state index contributed by atoms with van der Waals surface area (Å²) in [5.74, 6) is 0.129. The van der Waals surface area contributed by atoms with Crippen molar-refractivity contribution in [1.82, 2.24) is 20.1 Å².